The minimum absolute atomic E-state index is 0.0727. The molecule has 2 aromatic carbocycles. The van der Waals surface area contributed by atoms with Crippen molar-refractivity contribution in [2.75, 3.05) is 16.2 Å². The summed E-state index contributed by atoms with van der Waals surface area (Å²) in [5.74, 6) is -2.20. The van der Waals surface area contributed by atoms with Gasteiger partial charge in [-0.15, -0.1) is 0 Å². The predicted molar refractivity (Wildman–Crippen MR) is 92.4 cm³/mol. The van der Waals surface area contributed by atoms with Crippen LogP contribution in [0.2, 0.25) is 0 Å². The summed E-state index contributed by atoms with van der Waals surface area (Å²) in [6.07, 6.45) is 2.52. The lowest BCUT2D eigenvalue weighted by Gasteiger charge is -2.18. The summed E-state index contributed by atoms with van der Waals surface area (Å²) < 4.78 is 53.6. The Hall–Kier alpha value is -2.48. The molecule has 136 valence electrons. The number of nitrogens with one attached hydrogen (secondary N) is 1. The van der Waals surface area contributed by atoms with Gasteiger partial charge in [0.25, 0.3) is 10.0 Å². The molecular weight excluding hydrogens is 362 g/mol. The van der Waals surface area contributed by atoms with Gasteiger partial charge in [0.2, 0.25) is 5.91 Å². The highest BCUT2D eigenvalue weighted by atomic mass is 32.2. The molecule has 1 fully saturated rings. The average Bonchev–Trinajstić information content (AvgIpc) is 3.36. The fourth-order valence-corrected chi connectivity index (χ4v) is 4.14. The number of carbonyl (C=O) groups excluding carboxylic acids is 1. The second-order valence-electron chi connectivity index (χ2n) is 6.54. The van der Waals surface area contributed by atoms with Gasteiger partial charge in [0.05, 0.1) is 10.6 Å². The Morgan fingerprint density at radius 2 is 1.85 bits per heavy atom. The zero-order chi connectivity index (χ0) is 18.5. The van der Waals surface area contributed by atoms with E-state index in [-0.39, 0.29) is 22.4 Å². The van der Waals surface area contributed by atoms with E-state index in [1.807, 2.05) is 0 Å². The zero-order valence-corrected chi connectivity index (χ0v) is 14.5. The molecule has 1 aliphatic heterocycles. The molecule has 1 amide bonds. The van der Waals surface area contributed by atoms with Crippen molar-refractivity contribution >= 4 is 27.3 Å². The van der Waals surface area contributed by atoms with Crippen LogP contribution in [0.15, 0.2) is 41.3 Å². The maximum atomic E-state index is 13.3. The van der Waals surface area contributed by atoms with E-state index in [4.69, 9.17) is 0 Å². The zero-order valence-electron chi connectivity index (χ0n) is 13.7. The first-order valence-corrected chi connectivity index (χ1v) is 9.76. The molecule has 1 heterocycles. The van der Waals surface area contributed by atoms with Crippen LogP contribution >= 0.6 is 0 Å². The third-order valence-corrected chi connectivity index (χ3v) is 6.01. The number of benzene rings is 2. The summed E-state index contributed by atoms with van der Waals surface area (Å²) >= 11 is 0. The molecular formula is C18H16F2N2O3S. The standard InChI is InChI=1S/C18H16F2N2O3S/c19-15-6-5-14(10-16(15)20)26(24,25)21-13-4-3-11-7-8-22(17(11)9-13)18(23)12-1-2-12/h3-6,9-10,12,21H,1-2,7-8H2. The van der Waals surface area contributed by atoms with Crippen LogP contribution < -0.4 is 9.62 Å². The first-order valence-electron chi connectivity index (χ1n) is 8.27. The number of carbonyl (C=O) groups is 1. The minimum atomic E-state index is -4.07. The van der Waals surface area contributed by atoms with Gasteiger partial charge in [0, 0.05) is 18.2 Å². The Labute approximate surface area is 149 Å². The second-order valence-corrected chi connectivity index (χ2v) is 8.22. The number of rotatable bonds is 4. The third-order valence-electron chi connectivity index (χ3n) is 4.63. The smallest absolute Gasteiger partial charge is 0.262 e. The molecule has 2 aliphatic rings. The summed E-state index contributed by atoms with van der Waals surface area (Å²) in [5, 5.41) is 0. The Balaban J connectivity index is 1.61. The highest BCUT2D eigenvalue weighted by molar-refractivity contribution is 7.92. The molecule has 1 aliphatic carbocycles. The number of hydrogen-bond acceptors (Lipinski definition) is 3. The van der Waals surface area contributed by atoms with Gasteiger partial charge < -0.3 is 4.90 Å². The molecule has 0 spiro atoms. The van der Waals surface area contributed by atoms with Crippen LogP contribution in [0.1, 0.15) is 18.4 Å². The van der Waals surface area contributed by atoms with Gasteiger partial charge in [-0.3, -0.25) is 9.52 Å². The van der Waals surface area contributed by atoms with Crippen molar-refractivity contribution < 1.29 is 22.0 Å². The molecule has 0 aromatic heterocycles. The van der Waals surface area contributed by atoms with Gasteiger partial charge in [0.15, 0.2) is 11.6 Å². The molecule has 0 saturated heterocycles. The monoisotopic (exact) mass is 378 g/mol. The van der Waals surface area contributed by atoms with Crippen molar-refractivity contribution in [2.45, 2.75) is 24.2 Å². The van der Waals surface area contributed by atoms with Crippen LogP contribution in [-0.4, -0.2) is 20.9 Å². The van der Waals surface area contributed by atoms with Crippen molar-refractivity contribution in [3.63, 3.8) is 0 Å². The highest BCUT2D eigenvalue weighted by Gasteiger charge is 2.36. The molecule has 1 N–H and O–H groups in total. The topological polar surface area (TPSA) is 66.5 Å². The van der Waals surface area contributed by atoms with Crippen LogP contribution in [0.5, 0.6) is 0 Å². The van der Waals surface area contributed by atoms with Gasteiger partial charge in [0.1, 0.15) is 0 Å². The molecule has 1 saturated carbocycles. The first-order chi connectivity index (χ1) is 12.3. The van der Waals surface area contributed by atoms with Gasteiger partial charge in [-0.05, 0) is 55.2 Å². The molecule has 4 rings (SSSR count). The molecule has 2 aromatic rings. The van der Waals surface area contributed by atoms with E-state index in [0.717, 1.165) is 37.0 Å². The lowest BCUT2D eigenvalue weighted by molar-refractivity contribution is -0.119. The number of fused-ring (bicyclic) bond motifs is 1. The Kier molecular flexibility index (Phi) is 3.95. The van der Waals surface area contributed by atoms with Gasteiger partial charge in [-0.2, -0.15) is 0 Å². The predicted octanol–water partition coefficient (Wildman–Crippen LogP) is 3.06. The molecule has 0 unspecified atom stereocenters. The lowest BCUT2D eigenvalue weighted by atomic mass is 10.1. The minimum Gasteiger partial charge on any atom is -0.312 e. The quantitative estimate of drug-likeness (QED) is 0.889. The van der Waals surface area contributed by atoms with E-state index >= 15 is 0 Å². The van der Waals surface area contributed by atoms with Crippen LogP contribution in [0, 0.1) is 17.6 Å². The number of anilines is 2. The number of halogens is 2. The van der Waals surface area contributed by atoms with Crippen molar-refractivity contribution in [1.29, 1.82) is 0 Å². The maximum Gasteiger partial charge on any atom is 0.262 e. The fraction of sp³-hybridized carbons (Fsp3) is 0.278. The van der Waals surface area contributed by atoms with E-state index in [0.29, 0.717) is 18.3 Å². The first kappa shape index (κ1) is 17.0. The third kappa shape index (κ3) is 3.05. The fourth-order valence-electron chi connectivity index (χ4n) is 3.08. The highest BCUT2D eigenvalue weighted by Crippen LogP contribution is 2.37. The van der Waals surface area contributed by atoms with E-state index in [9.17, 15) is 22.0 Å². The van der Waals surface area contributed by atoms with Gasteiger partial charge in [-0.1, -0.05) is 6.07 Å². The molecule has 5 nitrogen and oxygen atoms in total. The summed E-state index contributed by atoms with van der Waals surface area (Å²) in [5.41, 5.74) is 1.95. The molecule has 0 bridgehead atoms. The SMILES string of the molecule is O=C(C1CC1)N1CCc2ccc(NS(=O)(=O)c3ccc(F)c(F)c3)cc21. The second kappa shape index (κ2) is 6.05. The number of sulfonamides is 1. The largest absolute Gasteiger partial charge is 0.312 e. The molecule has 26 heavy (non-hydrogen) atoms. The number of nitrogens with zero attached hydrogens (tertiary/aromatic N) is 1. The summed E-state index contributed by atoms with van der Waals surface area (Å²) in [7, 11) is -4.07. The van der Waals surface area contributed by atoms with Crippen molar-refractivity contribution in [3.05, 3.63) is 53.6 Å². The van der Waals surface area contributed by atoms with E-state index < -0.39 is 21.7 Å². The summed E-state index contributed by atoms with van der Waals surface area (Å²) in [6.45, 7) is 0.587. The Morgan fingerprint density at radius 1 is 1.08 bits per heavy atom. The average molecular weight is 378 g/mol. The van der Waals surface area contributed by atoms with Crippen LogP contribution in [0.3, 0.4) is 0 Å². The van der Waals surface area contributed by atoms with Crippen LogP contribution in [0.4, 0.5) is 20.2 Å². The molecule has 0 radical (unpaired) electrons. The van der Waals surface area contributed by atoms with Crippen molar-refractivity contribution in [1.82, 2.24) is 0 Å². The van der Waals surface area contributed by atoms with Crippen molar-refractivity contribution in [3.8, 4) is 0 Å². The van der Waals surface area contributed by atoms with Crippen LogP contribution in [-0.2, 0) is 21.2 Å². The van der Waals surface area contributed by atoms with Gasteiger partial charge in [-0.25, -0.2) is 17.2 Å². The summed E-state index contributed by atoms with van der Waals surface area (Å²) in [6, 6.07) is 7.38. The van der Waals surface area contributed by atoms with E-state index in [1.165, 1.54) is 0 Å². The molecule has 0 atom stereocenters. The van der Waals surface area contributed by atoms with Crippen LogP contribution in [0.25, 0.3) is 0 Å². The van der Waals surface area contributed by atoms with Crippen molar-refractivity contribution in [2.24, 2.45) is 5.92 Å². The number of hydrogen-bond donors (Lipinski definition) is 1. The number of amides is 1. The Bertz CT molecular complexity index is 1000. The Morgan fingerprint density at radius 3 is 2.54 bits per heavy atom. The van der Waals surface area contributed by atoms with Gasteiger partial charge >= 0.3 is 0 Å². The summed E-state index contributed by atoms with van der Waals surface area (Å²) in [4.78, 5) is 13.7. The molecule has 8 heteroatoms. The lowest BCUT2D eigenvalue weighted by Crippen LogP contribution is -2.30. The maximum absolute atomic E-state index is 13.3. The van der Waals surface area contributed by atoms with E-state index in [1.54, 1.807) is 23.1 Å². The normalized spacial score (nSPS) is 16.5. The van der Waals surface area contributed by atoms with E-state index in [2.05, 4.69) is 4.72 Å².